The van der Waals surface area contributed by atoms with E-state index in [0.29, 0.717) is 0 Å². The van der Waals surface area contributed by atoms with E-state index in [4.69, 9.17) is 21.1 Å². The number of nitrogens with zero attached hydrogens (tertiary/aromatic N) is 1. The van der Waals surface area contributed by atoms with Gasteiger partial charge in [-0.25, -0.2) is 0 Å². The molecule has 0 aromatic carbocycles. The summed E-state index contributed by atoms with van der Waals surface area (Å²) in [6, 6.07) is 0. The topological polar surface area (TPSA) is 170 Å². The highest BCUT2D eigenvalue weighted by Crippen LogP contribution is 2.15. The minimum Gasteiger partial charge on any atom is -0.394 e. The number of aliphatic hydroxyl groups excluding tert-OH is 4. The Balaban J connectivity index is 4.79. The van der Waals surface area contributed by atoms with Gasteiger partial charge in [-0.1, -0.05) is 0 Å². The Labute approximate surface area is 84.5 Å². The summed E-state index contributed by atoms with van der Waals surface area (Å²) in [4.78, 5) is 9.10. The summed E-state index contributed by atoms with van der Waals surface area (Å²) >= 11 is 0. The molecule has 0 unspecified atom stereocenters. The number of hydrogen-bond acceptors (Lipinski definition) is 8. The van der Waals surface area contributed by atoms with Crippen molar-refractivity contribution in [1.29, 1.82) is 0 Å². The summed E-state index contributed by atoms with van der Waals surface area (Å²) in [6.07, 6.45) is -6.19. The molecular formula is C6H14N2O7. The molecule has 0 fully saturated rings. The SMILES string of the molecule is NC[C@](O)([C@@H](O)[C@H](O)[C@H](O)CO)[N+](=O)[O-]. The number of hydrogen-bond donors (Lipinski definition) is 6. The molecule has 90 valence electrons. The van der Waals surface area contributed by atoms with Gasteiger partial charge < -0.3 is 31.3 Å². The predicted molar refractivity (Wildman–Crippen MR) is 46.1 cm³/mol. The van der Waals surface area contributed by atoms with Crippen molar-refractivity contribution in [1.82, 2.24) is 0 Å². The van der Waals surface area contributed by atoms with Crippen molar-refractivity contribution in [3.8, 4) is 0 Å². The van der Waals surface area contributed by atoms with Crippen LogP contribution in [0.2, 0.25) is 0 Å². The Kier molecular flexibility index (Phi) is 5.00. The van der Waals surface area contributed by atoms with Crippen LogP contribution in [-0.2, 0) is 0 Å². The molecule has 0 aromatic heterocycles. The molecule has 0 aliphatic rings. The molecule has 0 rings (SSSR count). The van der Waals surface area contributed by atoms with Crippen LogP contribution in [0.1, 0.15) is 0 Å². The van der Waals surface area contributed by atoms with Crippen LogP contribution in [0.5, 0.6) is 0 Å². The van der Waals surface area contributed by atoms with Crippen molar-refractivity contribution >= 4 is 0 Å². The molecule has 7 N–H and O–H groups in total. The fourth-order valence-corrected chi connectivity index (χ4v) is 0.895. The van der Waals surface area contributed by atoms with E-state index in [1.165, 1.54) is 0 Å². The van der Waals surface area contributed by atoms with Gasteiger partial charge in [0, 0.05) is 0 Å². The van der Waals surface area contributed by atoms with Crippen LogP contribution in [0.25, 0.3) is 0 Å². The normalized spacial score (nSPS) is 21.5. The monoisotopic (exact) mass is 226 g/mol. The summed E-state index contributed by atoms with van der Waals surface area (Å²) in [5.74, 6) is 0. The zero-order valence-corrected chi connectivity index (χ0v) is 7.72. The molecule has 0 saturated heterocycles. The lowest BCUT2D eigenvalue weighted by Crippen LogP contribution is -2.61. The summed E-state index contributed by atoms with van der Waals surface area (Å²) in [6.45, 7) is -1.87. The quantitative estimate of drug-likeness (QED) is 0.151. The molecule has 0 heterocycles. The van der Waals surface area contributed by atoms with Gasteiger partial charge in [-0.05, 0) is 0 Å². The molecule has 0 aromatic rings. The maximum absolute atomic E-state index is 10.4. The van der Waals surface area contributed by atoms with Gasteiger partial charge in [-0.2, -0.15) is 0 Å². The van der Waals surface area contributed by atoms with Crippen molar-refractivity contribution in [3.05, 3.63) is 10.1 Å². The first kappa shape index (κ1) is 14.2. The lowest BCUT2D eigenvalue weighted by Gasteiger charge is -2.28. The van der Waals surface area contributed by atoms with Crippen molar-refractivity contribution in [2.24, 2.45) is 5.73 Å². The van der Waals surface area contributed by atoms with Gasteiger partial charge in [-0.3, -0.25) is 10.1 Å². The first-order valence-corrected chi connectivity index (χ1v) is 4.03. The van der Waals surface area contributed by atoms with Crippen LogP contribution >= 0.6 is 0 Å². The number of aliphatic hydroxyl groups is 5. The van der Waals surface area contributed by atoms with E-state index in [9.17, 15) is 20.3 Å². The minimum absolute atomic E-state index is 0.920. The highest BCUT2D eigenvalue weighted by molar-refractivity contribution is 4.86. The molecule has 0 aliphatic carbocycles. The molecular weight excluding hydrogens is 212 g/mol. The maximum atomic E-state index is 10.4. The van der Waals surface area contributed by atoms with Crippen LogP contribution in [0, 0.1) is 10.1 Å². The number of nitrogens with two attached hydrogens (primary N) is 1. The third-order valence-corrected chi connectivity index (χ3v) is 2.00. The Morgan fingerprint density at radius 1 is 1.40 bits per heavy atom. The van der Waals surface area contributed by atoms with E-state index in [1.807, 2.05) is 0 Å². The molecule has 0 radical (unpaired) electrons. The van der Waals surface area contributed by atoms with Gasteiger partial charge >= 0.3 is 5.72 Å². The van der Waals surface area contributed by atoms with Crippen LogP contribution in [-0.4, -0.2) is 67.6 Å². The summed E-state index contributed by atoms with van der Waals surface area (Å²) < 4.78 is 0. The van der Waals surface area contributed by atoms with Crippen LogP contribution in [0.3, 0.4) is 0 Å². The fraction of sp³-hybridized carbons (Fsp3) is 1.00. The Morgan fingerprint density at radius 3 is 2.13 bits per heavy atom. The largest absolute Gasteiger partial charge is 0.394 e. The lowest BCUT2D eigenvalue weighted by molar-refractivity contribution is -0.637. The average molecular weight is 226 g/mol. The van der Waals surface area contributed by atoms with E-state index in [-0.39, 0.29) is 0 Å². The predicted octanol–water partition coefficient (Wildman–Crippen LogP) is -4.01. The molecule has 9 nitrogen and oxygen atoms in total. The zero-order chi connectivity index (χ0) is 12.2. The maximum Gasteiger partial charge on any atom is 0.363 e. The lowest BCUT2D eigenvalue weighted by atomic mass is 9.98. The summed E-state index contributed by atoms with van der Waals surface area (Å²) in [5.41, 5.74) is 1.92. The molecule has 0 aliphatic heterocycles. The third-order valence-electron chi connectivity index (χ3n) is 2.00. The van der Waals surface area contributed by atoms with Crippen molar-refractivity contribution < 1.29 is 30.5 Å². The fourth-order valence-electron chi connectivity index (χ4n) is 0.895. The van der Waals surface area contributed by atoms with Crippen molar-refractivity contribution in [2.45, 2.75) is 24.0 Å². The van der Waals surface area contributed by atoms with Gasteiger partial charge in [0.2, 0.25) is 0 Å². The van der Waals surface area contributed by atoms with Crippen molar-refractivity contribution in [2.75, 3.05) is 13.2 Å². The van der Waals surface area contributed by atoms with E-state index < -0.39 is 42.1 Å². The van der Waals surface area contributed by atoms with E-state index >= 15 is 0 Å². The second-order valence-corrected chi connectivity index (χ2v) is 3.03. The van der Waals surface area contributed by atoms with E-state index in [0.717, 1.165) is 0 Å². The first-order chi connectivity index (χ1) is 6.81. The standard InChI is InChI=1S/C6H14N2O7/c7-2-6(13,8(14)15)5(12)4(11)3(10)1-9/h3-5,9-13H,1-2,7H2/t3-,4-,5+,6+/m1/s1. The molecule has 0 saturated carbocycles. The van der Waals surface area contributed by atoms with Gasteiger partial charge in [0.1, 0.15) is 12.2 Å². The number of nitro groups is 1. The Hall–Kier alpha value is -0.840. The number of rotatable bonds is 6. The van der Waals surface area contributed by atoms with Gasteiger partial charge in [-0.15, -0.1) is 0 Å². The Bertz CT molecular complexity index is 226. The van der Waals surface area contributed by atoms with Crippen molar-refractivity contribution in [3.63, 3.8) is 0 Å². The van der Waals surface area contributed by atoms with Crippen LogP contribution in [0.15, 0.2) is 0 Å². The first-order valence-electron chi connectivity index (χ1n) is 4.03. The zero-order valence-electron chi connectivity index (χ0n) is 7.72. The molecule has 0 spiro atoms. The van der Waals surface area contributed by atoms with Crippen LogP contribution < -0.4 is 5.73 Å². The highest BCUT2D eigenvalue weighted by atomic mass is 16.7. The summed E-state index contributed by atoms with van der Waals surface area (Å²) in [5, 5.41) is 55.3. The molecule has 9 heteroatoms. The minimum atomic E-state index is -2.96. The molecule has 15 heavy (non-hydrogen) atoms. The highest BCUT2D eigenvalue weighted by Gasteiger charge is 2.52. The third kappa shape index (κ3) is 2.81. The molecule has 0 bridgehead atoms. The van der Waals surface area contributed by atoms with Crippen LogP contribution in [0.4, 0.5) is 0 Å². The Morgan fingerprint density at radius 2 is 1.87 bits per heavy atom. The van der Waals surface area contributed by atoms with Gasteiger partial charge in [0.25, 0.3) is 0 Å². The van der Waals surface area contributed by atoms with Gasteiger partial charge in [0.15, 0.2) is 6.10 Å². The van der Waals surface area contributed by atoms with E-state index in [2.05, 4.69) is 0 Å². The van der Waals surface area contributed by atoms with E-state index in [1.54, 1.807) is 0 Å². The smallest absolute Gasteiger partial charge is 0.363 e. The molecule has 0 amide bonds. The molecule has 4 atom stereocenters. The second-order valence-electron chi connectivity index (χ2n) is 3.03. The second kappa shape index (κ2) is 5.30. The average Bonchev–Trinajstić information content (AvgIpc) is 2.24. The van der Waals surface area contributed by atoms with Gasteiger partial charge in [0.05, 0.1) is 18.1 Å². The summed E-state index contributed by atoms with van der Waals surface area (Å²) in [7, 11) is 0.